The van der Waals surface area contributed by atoms with Gasteiger partial charge in [0, 0.05) is 11.8 Å². The summed E-state index contributed by atoms with van der Waals surface area (Å²) in [5.41, 5.74) is 0. The van der Waals surface area contributed by atoms with Crippen molar-refractivity contribution in [1.82, 2.24) is 5.32 Å². The molecular weight excluding hydrogens is 202 g/mol. The van der Waals surface area contributed by atoms with Crippen molar-refractivity contribution in [2.45, 2.75) is 52.5 Å². The Labute approximate surface area is 99.8 Å². The minimum Gasteiger partial charge on any atom is -0.313 e. The highest BCUT2D eigenvalue weighted by Gasteiger charge is 2.23. The molecule has 1 N–H and O–H groups in total. The lowest BCUT2D eigenvalue weighted by Gasteiger charge is -2.24. The zero-order valence-corrected chi connectivity index (χ0v) is 11.4. The smallest absolute Gasteiger partial charge is 0.0186 e. The minimum absolute atomic E-state index is 0.779. The van der Waals surface area contributed by atoms with Gasteiger partial charge in [-0.1, -0.05) is 33.6 Å². The van der Waals surface area contributed by atoms with Crippen molar-refractivity contribution in [3.63, 3.8) is 0 Å². The average molecular weight is 229 g/mol. The Bertz CT molecular complexity index is 153. The minimum atomic E-state index is 0.779. The first-order valence-electron chi connectivity index (χ1n) is 6.55. The number of hydrogen-bond donors (Lipinski definition) is 1. The first kappa shape index (κ1) is 13.4. The fourth-order valence-electron chi connectivity index (χ4n) is 2.41. The van der Waals surface area contributed by atoms with Crippen LogP contribution in [-0.4, -0.2) is 24.1 Å². The van der Waals surface area contributed by atoms with Gasteiger partial charge in [0.15, 0.2) is 0 Å². The third-order valence-corrected chi connectivity index (χ3v) is 4.68. The predicted molar refractivity (Wildman–Crippen MR) is 71.6 cm³/mol. The normalized spacial score (nSPS) is 20.0. The van der Waals surface area contributed by atoms with E-state index in [2.05, 4.69) is 37.8 Å². The first-order chi connectivity index (χ1) is 7.24. The molecular formula is C13H27NS. The van der Waals surface area contributed by atoms with Crippen LogP contribution in [0.25, 0.3) is 0 Å². The molecule has 0 aromatic rings. The quantitative estimate of drug-likeness (QED) is 0.716. The van der Waals surface area contributed by atoms with Gasteiger partial charge in [0.05, 0.1) is 0 Å². The second-order valence-corrected chi connectivity index (χ2v) is 6.21. The SMILES string of the molecule is CCNC(CSCC(C)C)C1CCCC1. The van der Waals surface area contributed by atoms with Gasteiger partial charge in [-0.2, -0.15) is 11.8 Å². The van der Waals surface area contributed by atoms with E-state index in [9.17, 15) is 0 Å². The van der Waals surface area contributed by atoms with Crippen LogP contribution in [0.15, 0.2) is 0 Å². The van der Waals surface area contributed by atoms with Crippen LogP contribution in [0.5, 0.6) is 0 Å². The highest BCUT2D eigenvalue weighted by atomic mass is 32.2. The summed E-state index contributed by atoms with van der Waals surface area (Å²) in [6.45, 7) is 7.98. The molecule has 1 aliphatic carbocycles. The fraction of sp³-hybridized carbons (Fsp3) is 1.00. The Morgan fingerprint density at radius 1 is 1.20 bits per heavy atom. The van der Waals surface area contributed by atoms with E-state index in [0.717, 1.165) is 24.4 Å². The molecule has 0 aromatic heterocycles. The largest absolute Gasteiger partial charge is 0.313 e. The van der Waals surface area contributed by atoms with E-state index in [-0.39, 0.29) is 0 Å². The van der Waals surface area contributed by atoms with Gasteiger partial charge in [-0.05, 0) is 37.0 Å². The molecule has 1 rings (SSSR count). The van der Waals surface area contributed by atoms with Gasteiger partial charge in [-0.15, -0.1) is 0 Å². The van der Waals surface area contributed by atoms with Crippen LogP contribution < -0.4 is 5.32 Å². The van der Waals surface area contributed by atoms with Crippen LogP contribution in [-0.2, 0) is 0 Å². The van der Waals surface area contributed by atoms with Crippen molar-refractivity contribution < 1.29 is 0 Å². The third kappa shape index (κ3) is 5.26. The molecule has 90 valence electrons. The van der Waals surface area contributed by atoms with E-state index in [1.54, 1.807) is 0 Å². The Morgan fingerprint density at radius 3 is 2.40 bits per heavy atom. The lowest BCUT2D eigenvalue weighted by molar-refractivity contribution is 0.394. The molecule has 2 heteroatoms. The van der Waals surface area contributed by atoms with Crippen molar-refractivity contribution in [3.8, 4) is 0 Å². The molecule has 0 radical (unpaired) electrons. The van der Waals surface area contributed by atoms with Gasteiger partial charge in [0.25, 0.3) is 0 Å². The Kier molecular flexibility index (Phi) is 6.74. The maximum Gasteiger partial charge on any atom is 0.0186 e. The Hall–Kier alpha value is 0.310. The Balaban J connectivity index is 2.23. The Morgan fingerprint density at radius 2 is 1.87 bits per heavy atom. The molecule has 0 aromatic carbocycles. The second kappa shape index (κ2) is 7.56. The summed E-state index contributed by atoms with van der Waals surface area (Å²) in [5.74, 6) is 4.43. The molecule has 1 aliphatic rings. The lowest BCUT2D eigenvalue weighted by atomic mass is 10.00. The molecule has 1 fully saturated rings. The fourth-order valence-corrected chi connectivity index (χ4v) is 3.67. The van der Waals surface area contributed by atoms with Gasteiger partial charge in [-0.3, -0.25) is 0 Å². The number of thioether (sulfide) groups is 1. The van der Waals surface area contributed by atoms with Gasteiger partial charge >= 0.3 is 0 Å². The monoisotopic (exact) mass is 229 g/mol. The second-order valence-electron chi connectivity index (χ2n) is 5.14. The number of hydrogen-bond acceptors (Lipinski definition) is 2. The molecule has 1 nitrogen and oxygen atoms in total. The molecule has 0 amide bonds. The topological polar surface area (TPSA) is 12.0 Å². The highest BCUT2D eigenvalue weighted by molar-refractivity contribution is 7.99. The highest BCUT2D eigenvalue weighted by Crippen LogP contribution is 2.29. The first-order valence-corrected chi connectivity index (χ1v) is 7.70. The zero-order valence-electron chi connectivity index (χ0n) is 10.6. The van der Waals surface area contributed by atoms with Gasteiger partial charge in [0.2, 0.25) is 0 Å². The predicted octanol–water partition coefficient (Wildman–Crippen LogP) is 3.54. The standard InChI is InChI=1S/C13H27NS/c1-4-14-13(10-15-9-11(2)3)12-7-5-6-8-12/h11-14H,4-10H2,1-3H3. The summed E-state index contributed by atoms with van der Waals surface area (Å²) in [7, 11) is 0. The molecule has 0 heterocycles. The van der Waals surface area contributed by atoms with E-state index >= 15 is 0 Å². The summed E-state index contributed by atoms with van der Waals surface area (Å²) in [6.07, 6.45) is 5.84. The summed E-state index contributed by atoms with van der Waals surface area (Å²) in [6, 6.07) is 0.779. The van der Waals surface area contributed by atoms with Crippen LogP contribution in [0.4, 0.5) is 0 Å². The third-order valence-electron chi connectivity index (χ3n) is 3.18. The number of rotatable bonds is 7. The summed E-state index contributed by atoms with van der Waals surface area (Å²) in [5, 5.41) is 3.68. The van der Waals surface area contributed by atoms with Crippen molar-refractivity contribution in [1.29, 1.82) is 0 Å². The molecule has 1 atom stereocenters. The van der Waals surface area contributed by atoms with Gasteiger partial charge < -0.3 is 5.32 Å². The van der Waals surface area contributed by atoms with Crippen LogP contribution in [0, 0.1) is 11.8 Å². The maximum absolute atomic E-state index is 3.68. The van der Waals surface area contributed by atoms with Crippen LogP contribution in [0.2, 0.25) is 0 Å². The summed E-state index contributed by atoms with van der Waals surface area (Å²) < 4.78 is 0. The summed E-state index contributed by atoms with van der Waals surface area (Å²) >= 11 is 2.13. The summed E-state index contributed by atoms with van der Waals surface area (Å²) in [4.78, 5) is 0. The zero-order chi connectivity index (χ0) is 11.1. The van der Waals surface area contributed by atoms with Gasteiger partial charge in [-0.25, -0.2) is 0 Å². The van der Waals surface area contributed by atoms with Crippen LogP contribution >= 0.6 is 11.8 Å². The molecule has 15 heavy (non-hydrogen) atoms. The van der Waals surface area contributed by atoms with Crippen LogP contribution in [0.1, 0.15) is 46.5 Å². The van der Waals surface area contributed by atoms with Crippen LogP contribution in [0.3, 0.4) is 0 Å². The molecule has 0 saturated heterocycles. The molecule has 1 saturated carbocycles. The van der Waals surface area contributed by atoms with Crippen molar-refractivity contribution in [3.05, 3.63) is 0 Å². The van der Waals surface area contributed by atoms with Gasteiger partial charge in [0.1, 0.15) is 0 Å². The van der Waals surface area contributed by atoms with E-state index in [1.165, 1.54) is 37.2 Å². The lowest BCUT2D eigenvalue weighted by Crippen LogP contribution is -2.37. The number of nitrogens with one attached hydrogen (secondary N) is 1. The molecule has 1 unspecified atom stereocenters. The molecule has 0 bridgehead atoms. The van der Waals surface area contributed by atoms with E-state index < -0.39 is 0 Å². The van der Waals surface area contributed by atoms with Crippen molar-refractivity contribution in [2.75, 3.05) is 18.1 Å². The van der Waals surface area contributed by atoms with E-state index in [0.29, 0.717) is 0 Å². The van der Waals surface area contributed by atoms with Crippen molar-refractivity contribution in [2.24, 2.45) is 11.8 Å². The van der Waals surface area contributed by atoms with Crippen molar-refractivity contribution >= 4 is 11.8 Å². The molecule has 0 spiro atoms. The average Bonchev–Trinajstić information content (AvgIpc) is 2.68. The maximum atomic E-state index is 3.68. The van der Waals surface area contributed by atoms with E-state index in [1.807, 2.05) is 0 Å². The van der Waals surface area contributed by atoms with E-state index in [4.69, 9.17) is 0 Å². The molecule has 0 aliphatic heterocycles.